The van der Waals surface area contributed by atoms with E-state index < -0.39 is 5.97 Å². The number of hydrogen-bond donors (Lipinski definition) is 2. The molecule has 0 aromatic heterocycles. The van der Waals surface area contributed by atoms with Crippen LogP contribution in [-0.2, 0) is 4.79 Å². The van der Waals surface area contributed by atoms with Gasteiger partial charge in [-0.3, -0.25) is 4.79 Å². The minimum atomic E-state index is -0.906. The summed E-state index contributed by atoms with van der Waals surface area (Å²) in [6, 6.07) is 0. The smallest absolute Gasteiger partial charge is 0.309 e. The average molecular weight is 116 g/mol. The summed E-state index contributed by atoms with van der Waals surface area (Å²) in [5.74, 6) is 3.84. The highest BCUT2D eigenvalue weighted by molar-refractivity contribution is 5.96. The molecule has 0 aliphatic heterocycles. The Morgan fingerprint density at radius 1 is 1.88 bits per heavy atom. The number of hydrazone groups is 1. The SMILES string of the molecule is CC(CC(=O)O)=NN. The van der Waals surface area contributed by atoms with Crippen LogP contribution < -0.4 is 5.84 Å². The van der Waals surface area contributed by atoms with E-state index >= 15 is 0 Å². The third-order valence-electron chi connectivity index (χ3n) is 0.627. The molecule has 0 aliphatic carbocycles. The van der Waals surface area contributed by atoms with Crippen molar-refractivity contribution in [3.05, 3.63) is 0 Å². The van der Waals surface area contributed by atoms with Crippen LogP contribution in [0.3, 0.4) is 0 Å². The van der Waals surface area contributed by atoms with Gasteiger partial charge in [0.15, 0.2) is 0 Å². The monoisotopic (exact) mass is 116 g/mol. The van der Waals surface area contributed by atoms with Crippen molar-refractivity contribution in [3.63, 3.8) is 0 Å². The molecule has 46 valence electrons. The normalized spacial score (nSPS) is 11.4. The quantitative estimate of drug-likeness (QED) is 0.298. The number of aliphatic carboxylic acids is 1. The first-order valence-electron chi connectivity index (χ1n) is 2.12. The van der Waals surface area contributed by atoms with Gasteiger partial charge in [0.1, 0.15) is 0 Å². The Morgan fingerprint density at radius 3 is 2.50 bits per heavy atom. The molecular weight excluding hydrogens is 108 g/mol. The molecule has 0 saturated carbocycles. The van der Waals surface area contributed by atoms with Crippen LogP contribution in [0.5, 0.6) is 0 Å². The fourth-order valence-corrected chi connectivity index (χ4v) is 0.264. The fourth-order valence-electron chi connectivity index (χ4n) is 0.264. The van der Waals surface area contributed by atoms with Crippen molar-refractivity contribution in [1.82, 2.24) is 0 Å². The largest absolute Gasteiger partial charge is 0.481 e. The molecule has 4 nitrogen and oxygen atoms in total. The number of carboxylic acid groups (broad SMARTS) is 1. The van der Waals surface area contributed by atoms with E-state index in [1.165, 1.54) is 0 Å². The molecule has 8 heavy (non-hydrogen) atoms. The Labute approximate surface area is 47.0 Å². The molecular formula is C4H8N2O2. The van der Waals surface area contributed by atoms with Crippen LogP contribution in [-0.4, -0.2) is 16.8 Å². The van der Waals surface area contributed by atoms with Crippen molar-refractivity contribution < 1.29 is 9.90 Å². The van der Waals surface area contributed by atoms with E-state index in [4.69, 9.17) is 10.9 Å². The first-order chi connectivity index (χ1) is 3.66. The maximum Gasteiger partial charge on any atom is 0.309 e. The van der Waals surface area contributed by atoms with Crippen molar-refractivity contribution in [2.45, 2.75) is 13.3 Å². The molecule has 4 heteroatoms. The highest BCUT2D eigenvalue weighted by atomic mass is 16.4. The second-order valence-electron chi connectivity index (χ2n) is 1.43. The van der Waals surface area contributed by atoms with Crippen LogP contribution in [0.25, 0.3) is 0 Å². The Balaban J connectivity index is 3.56. The lowest BCUT2D eigenvalue weighted by atomic mass is 10.3. The number of nitrogens with zero attached hydrogens (tertiary/aromatic N) is 1. The highest BCUT2D eigenvalue weighted by Gasteiger charge is 1.96. The maximum absolute atomic E-state index is 9.83. The predicted molar refractivity (Wildman–Crippen MR) is 29.5 cm³/mol. The summed E-state index contributed by atoms with van der Waals surface area (Å²) < 4.78 is 0. The third-order valence-corrected chi connectivity index (χ3v) is 0.627. The van der Waals surface area contributed by atoms with Gasteiger partial charge < -0.3 is 10.9 Å². The first kappa shape index (κ1) is 6.94. The van der Waals surface area contributed by atoms with Crippen LogP contribution >= 0.6 is 0 Å². The van der Waals surface area contributed by atoms with Crippen LogP contribution in [0.4, 0.5) is 0 Å². The van der Waals surface area contributed by atoms with E-state index in [9.17, 15) is 4.79 Å². The van der Waals surface area contributed by atoms with Gasteiger partial charge in [-0.05, 0) is 6.92 Å². The van der Waals surface area contributed by atoms with E-state index in [1.54, 1.807) is 6.92 Å². The molecule has 0 atom stereocenters. The molecule has 3 N–H and O–H groups in total. The molecule has 0 saturated heterocycles. The molecule has 0 fully saturated rings. The molecule has 0 rings (SSSR count). The molecule has 0 radical (unpaired) electrons. The Morgan fingerprint density at radius 2 is 2.38 bits per heavy atom. The first-order valence-corrected chi connectivity index (χ1v) is 2.12. The number of rotatable bonds is 2. The highest BCUT2D eigenvalue weighted by Crippen LogP contribution is 1.81. The van der Waals surface area contributed by atoms with Crippen LogP contribution in [0, 0.1) is 0 Å². The zero-order chi connectivity index (χ0) is 6.57. The number of hydrogen-bond acceptors (Lipinski definition) is 3. The van der Waals surface area contributed by atoms with E-state index in [1.807, 2.05) is 0 Å². The lowest BCUT2D eigenvalue weighted by Crippen LogP contribution is -2.04. The van der Waals surface area contributed by atoms with Crippen molar-refractivity contribution in [1.29, 1.82) is 0 Å². The molecule has 0 aliphatic rings. The van der Waals surface area contributed by atoms with Crippen LogP contribution in [0.2, 0.25) is 0 Å². The standard InChI is InChI=1S/C4H8N2O2/c1-3(6-5)2-4(7)8/h2,5H2,1H3,(H,7,8). The van der Waals surface area contributed by atoms with Crippen LogP contribution in [0.1, 0.15) is 13.3 Å². The van der Waals surface area contributed by atoms with Crippen molar-refractivity contribution in [3.8, 4) is 0 Å². The van der Waals surface area contributed by atoms with E-state index in [-0.39, 0.29) is 6.42 Å². The lowest BCUT2D eigenvalue weighted by Gasteiger charge is -1.88. The molecule has 0 amide bonds. The molecule has 0 aromatic carbocycles. The summed E-state index contributed by atoms with van der Waals surface area (Å²) >= 11 is 0. The predicted octanol–water partition coefficient (Wildman–Crippen LogP) is -0.204. The second-order valence-corrected chi connectivity index (χ2v) is 1.43. The zero-order valence-corrected chi connectivity index (χ0v) is 4.59. The summed E-state index contributed by atoms with van der Waals surface area (Å²) in [5, 5.41) is 11.2. The Hall–Kier alpha value is -1.06. The van der Waals surface area contributed by atoms with Gasteiger partial charge >= 0.3 is 5.97 Å². The summed E-state index contributed by atoms with van der Waals surface area (Å²) in [7, 11) is 0. The van der Waals surface area contributed by atoms with Gasteiger partial charge in [-0.25, -0.2) is 0 Å². The van der Waals surface area contributed by atoms with E-state index in [0.717, 1.165) is 0 Å². The molecule has 0 unspecified atom stereocenters. The number of carbonyl (C=O) groups is 1. The Kier molecular flexibility index (Phi) is 2.61. The second kappa shape index (κ2) is 3.01. The lowest BCUT2D eigenvalue weighted by molar-refractivity contribution is -0.135. The summed E-state index contributed by atoms with van der Waals surface area (Å²) in [4.78, 5) is 9.83. The van der Waals surface area contributed by atoms with Crippen LogP contribution in [0.15, 0.2) is 5.10 Å². The topological polar surface area (TPSA) is 75.7 Å². The van der Waals surface area contributed by atoms with Gasteiger partial charge in [0.2, 0.25) is 0 Å². The van der Waals surface area contributed by atoms with Gasteiger partial charge in [0.05, 0.1) is 6.42 Å². The van der Waals surface area contributed by atoms with Gasteiger partial charge in [-0.2, -0.15) is 5.10 Å². The van der Waals surface area contributed by atoms with Crippen molar-refractivity contribution >= 4 is 11.7 Å². The summed E-state index contributed by atoms with van der Waals surface area (Å²) in [5.41, 5.74) is 0.428. The summed E-state index contributed by atoms with van der Waals surface area (Å²) in [6.07, 6.45) is -0.0729. The van der Waals surface area contributed by atoms with Gasteiger partial charge in [-0.15, -0.1) is 0 Å². The zero-order valence-electron chi connectivity index (χ0n) is 4.59. The number of carboxylic acids is 1. The fraction of sp³-hybridized carbons (Fsp3) is 0.500. The molecule has 0 bridgehead atoms. The van der Waals surface area contributed by atoms with Crippen molar-refractivity contribution in [2.24, 2.45) is 10.9 Å². The van der Waals surface area contributed by atoms with Gasteiger partial charge in [-0.1, -0.05) is 0 Å². The molecule has 0 heterocycles. The minimum Gasteiger partial charge on any atom is -0.481 e. The average Bonchev–Trinajstić information content (AvgIpc) is 1.65. The van der Waals surface area contributed by atoms with Gasteiger partial charge in [0.25, 0.3) is 0 Å². The molecule has 0 spiro atoms. The Bertz CT molecular complexity index is 119. The van der Waals surface area contributed by atoms with Crippen molar-refractivity contribution in [2.75, 3.05) is 0 Å². The van der Waals surface area contributed by atoms with E-state index in [2.05, 4.69) is 5.10 Å². The van der Waals surface area contributed by atoms with Gasteiger partial charge in [0, 0.05) is 5.71 Å². The van der Waals surface area contributed by atoms with E-state index in [0.29, 0.717) is 5.71 Å². The minimum absolute atomic E-state index is 0.0729. The maximum atomic E-state index is 9.83. The summed E-state index contributed by atoms with van der Waals surface area (Å²) in [6.45, 7) is 1.56. The third kappa shape index (κ3) is 3.14. The molecule has 0 aromatic rings. The number of nitrogens with two attached hydrogens (primary N) is 1.